The molecular weight excluding hydrogens is 278 g/mol. The standard InChI is InChI=1S/C16H19N5O/c1-11-15(14-3-7-20-8-6-17-16(20)18-14)12(2)21(19-11)13-4-9-22-10-5-13/h3,6-8,13H,4-5,9-10H2,1-2H3. The Morgan fingerprint density at radius 3 is 2.82 bits per heavy atom. The van der Waals surface area contributed by atoms with Crippen LogP contribution in [0.25, 0.3) is 17.0 Å². The van der Waals surface area contributed by atoms with Gasteiger partial charge in [0.15, 0.2) is 0 Å². The summed E-state index contributed by atoms with van der Waals surface area (Å²) in [5.41, 5.74) is 4.25. The fraction of sp³-hybridized carbons (Fsp3) is 0.438. The minimum Gasteiger partial charge on any atom is -0.381 e. The maximum atomic E-state index is 5.46. The molecule has 6 nitrogen and oxygen atoms in total. The molecule has 0 radical (unpaired) electrons. The Morgan fingerprint density at radius 2 is 2.00 bits per heavy atom. The van der Waals surface area contributed by atoms with Crippen molar-refractivity contribution in [2.24, 2.45) is 0 Å². The molecule has 6 heteroatoms. The Balaban J connectivity index is 1.79. The number of imidazole rings is 1. The van der Waals surface area contributed by atoms with E-state index in [4.69, 9.17) is 9.84 Å². The van der Waals surface area contributed by atoms with Crippen molar-refractivity contribution in [1.29, 1.82) is 0 Å². The molecule has 0 aliphatic carbocycles. The Kier molecular flexibility index (Phi) is 3.18. The molecule has 114 valence electrons. The molecule has 1 saturated heterocycles. The lowest BCUT2D eigenvalue weighted by Crippen LogP contribution is -2.21. The fourth-order valence-electron chi connectivity index (χ4n) is 3.26. The Morgan fingerprint density at radius 1 is 1.18 bits per heavy atom. The first kappa shape index (κ1) is 13.5. The third-order valence-electron chi connectivity index (χ3n) is 4.38. The summed E-state index contributed by atoms with van der Waals surface area (Å²) >= 11 is 0. The first-order valence-corrected chi connectivity index (χ1v) is 7.67. The predicted molar refractivity (Wildman–Crippen MR) is 82.8 cm³/mol. The summed E-state index contributed by atoms with van der Waals surface area (Å²) < 4.78 is 9.53. The third-order valence-corrected chi connectivity index (χ3v) is 4.38. The number of aromatic nitrogens is 5. The van der Waals surface area contributed by atoms with Crippen molar-refractivity contribution >= 4 is 5.78 Å². The van der Waals surface area contributed by atoms with E-state index < -0.39 is 0 Å². The van der Waals surface area contributed by atoms with Crippen molar-refractivity contribution in [3.8, 4) is 11.3 Å². The zero-order chi connectivity index (χ0) is 15.1. The van der Waals surface area contributed by atoms with Crippen LogP contribution in [-0.4, -0.2) is 37.4 Å². The number of hydrogen-bond donors (Lipinski definition) is 0. The third kappa shape index (κ3) is 2.11. The van der Waals surface area contributed by atoms with Crippen LogP contribution in [0, 0.1) is 13.8 Å². The van der Waals surface area contributed by atoms with Gasteiger partial charge in [0, 0.05) is 43.1 Å². The molecule has 0 atom stereocenters. The second-order valence-corrected chi connectivity index (χ2v) is 5.78. The summed E-state index contributed by atoms with van der Waals surface area (Å²) in [6, 6.07) is 2.45. The number of fused-ring (bicyclic) bond motifs is 1. The lowest BCUT2D eigenvalue weighted by atomic mass is 10.1. The van der Waals surface area contributed by atoms with Gasteiger partial charge >= 0.3 is 0 Å². The molecule has 0 amide bonds. The maximum absolute atomic E-state index is 5.46. The van der Waals surface area contributed by atoms with Gasteiger partial charge < -0.3 is 4.74 Å². The molecule has 4 heterocycles. The van der Waals surface area contributed by atoms with Crippen molar-refractivity contribution in [3.05, 3.63) is 36.0 Å². The molecule has 0 unspecified atom stereocenters. The predicted octanol–water partition coefficient (Wildman–Crippen LogP) is 2.56. The summed E-state index contributed by atoms with van der Waals surface area (Å²) in [5, 5.41) is 4.77. The SMILES string of the molecule is Cc1nn(C2CCOCC2)c(C)c1-c1ccn2ccnc2n1. The Hall–Kier alpha value is -2.21. The summed E-state index contributed by atoms with van der Waals surface area (Å²) in [4.78, 5) is 8.93. The highest BCUT2D eigenvalue weighted by atomic mass is 16.5. The van der Waals surface area contributed by atoms with Gasteiger partial charge in [-0.2, -0.15) is 5.10 Å². The largest absolute Gasteiger partial charge is 0.381 e. The van der Waals surface area contributed by atoms with Gasteiger partial charge in [-0.25, -0.2) is 9.97 Å². The van der Waals surface area contributed by atoms with E-state index >= 15 is 0 Å². The molecule has 0 spiro atoms. The Labute approximate surface area is 128 Å². The lowest BCUT2D eigenvalue weighted by Gasteiger charge is -2.23. The molecule has 0 aromatic carbocycles. The number of nitrogens with zero attached hydrogens (tertiary/aromatic N) is 5. The van der Waals surface area contributed by atoms with E-state index in [-0.39, 0.29) is 0 Å². The average Bonchev–Trinajstić information content (AvgIpc) is 3.12. The van der Waals surface area contributed by atoms with E-state index in [9.17, 15) is 0 Å². The van der Waals surface area contributed by atoms with Crippen LogP contribution in [0.2, 0.25) is 0 Å². The van der Waals surface area contributed by atoms with Crippen molar-refractivity contribution in [3.63, 3.8) is 0 Å². The smallest absolute Gasteiger partial charge is 0.234 e. The highest BCUT2D eigenvalue weighted by molar-refractivity contribution is 5.66. The van der Waals surface area contributed by atoms with E-state index in [0.29, 0.717) is 6.04 Å². The molecule has 4 rings (SSSR count). The quantitative estimate of drug-likeness (QED) is 0.729. The number of rotatable bonds is 2. The topological polar surface area (TPSA) is 57.2 Å². The molecular formula is C16H19N5O. The molecule has 1 fully saturated rings. The van der Waals surface area contributed by atoms with Crippen LogP contribution in [0.3, 0.4) is 0 Å². The van der Waals surface area contributed by atoms with Gasteiger partial charge in [-0.3, -0.25) is 9.08 Å². The van der Waals surface area contributed by atoms with Crippen molar-refractivity contribution in [2.75, 3.05) is 13.2 Å². The number of hydrogen-bond acceptors (Lipinski definition) is 4. The van der Waals surface area contributed by atoms with Crippen molar-refractivity contribution in [2.45, 2.75) is 32.7 Å². The second-order valence-electron chi connectivity index (χ2n) is 5.78. The molecule has 0 bridgehead atoms. The molecule has 3 aromatic rings. The van der Waals surface area contributed by atoms with Gasteiger partial charge in [-0.15, -0.1) is 0 Å². The molecule has 3 aromatic heterocycles. The van der Waals surface area contributed by atoms with E-state index in [1.807, 2.05) is 22.9 Å². The lowest BCUT2D eigenvalue weighted by molar-refractivity contribution is 0.0656. The average molecular weight is 297 g/mol. The molecule has 0 N–H and O–H groups in total. The van der Waals surface area contributed by atoms with Crippen LogP contribution >= 0.6 is 0 Å². The zero-order valence-electron chi connectivity index (χ0n) is 12.9. The zero-order valence-corrected chi connectivity index (χ0v) is 12.9. The first-order chi connectivity index (χ1) is 10.7. The summed E-state index contributed by atoms with van der Waals surface area (Å²) in [6.45, 7) is 5.81. The van der Waals surface area contributed by atoms with Gasteiger partial charge in [-0.1, -0.05) is 0 Å². The minimum absolute atomic E-state index is 0.427. The normalized spacial score (nSPS) is 16.5. The number of aryl methyl sites for hydroxylation is 1. The van der Waals surface area contributed by atoms with Gasteiger partial charge in [0.1, 0.15) is 0 Å². The van der Waals surface area contributed by atoms with Crippen LogP contribution in [-0.2, 0) is 4.74 Å². The number of ether oxygens (including phenoxy) is 1. The fourth-order valence-corrected chi connectivity index (χ4v) is 3.26. The maximum Gasteiger partial charge on any atom is 0.234 e. The van der Waals surface area contributed by atoms with E-state index in [0.717, 1.165) is 48.8 Å². The van der Waals surface area contributed by atoms with E-state index in [2.05, 4.69) is 28.5 Å². The van der Waals surface area contributed by atoms with Crippen LogP contribution in [0.1, 0.15) is 30.3 Å². The van der Waals surface area contributed by atoms with E-state index in [1.165, 1.54) is 5.69 Å². The van der Waals surface area contributed by atoms with Crippen LogP contribution in [0.4, 0.5) is 0 Å². The Bertz CT molecular complexity index is 813. The first-order valence-electron chi connectivity index (χ1n) is 7.67. The highest BCUT2D eigenvalue weighted by Gasteiger charge is 2.22. The minimum atomic E-state index is 0.427. The van der Waals surface area contributed by atoms with Crippen molar-refractivity contribution < 1.29 is 4.74 Å². The highest BCUT2D eigenvalue weighted by Crippen LogP contribution is 2.30. The van der Waals surface area contributed by atoms with Gasteiger partial charge in [0.2, 0.25) is 5.78 Å². The summed E-state index contributed by atoms with van der Waals surface area (Å²) in [5.74, 6) is 0.718. The molecule has 1 aliphatic rings. The summed E-state index contributed by atoms with van der Waals surface area (Å²) in [7, 11) is 0. The van der Waals surface area contributed by atoms with E-state index in [1.54, 1.807) is 6.20 Å². The van der Waals surface area contributed by atoms with Gasteiger partial charge in [-0.05, 0) is 32.8 Å². The van der Waals surface area contributed by atoms with Crippen LogP contribution in [0.15, 0.2) is 24.7 Å². The van der Waals surface area contributed by atoms with Crippen LogP contribution < -0.4 is 0 Å². The second kappa shape index (κ2) is 5.21. The molecule has 0 saturated carbocycles. The van der Waals surface area contributed by atoms with Crippen molar-refractivity contribution in [1.82, 2.24) is 24.1 Å². The molecule has 22 heavy (non-hydrogen) atoms. The van der Waals surface area contributed by atoms with Crippen LogP contribution in [0.5, 0.6) is 0 Å². The monoisotopic (exact) mass is 297 g/mol. The van der Waals surface area contributed by atoms with Gasteiger partial charge in [0.25, 0.3) is 0 Å². The molecule has 1 aliphatic heterocycles. The van der Waals surface area contributed by atoms with Gasteiger partial charge in [0.05, 0.1) is 17.4 Å². The summed E-state index contributed by atoms with van der Waals surface area (Å²) in [6.07, 6.45) is 7.70.